The maximum Gasteiger partial charge on any atom is 0.227 e. The van der Waals surface area contributed by atoms with Crippen molar-refractivity contribution < 1.29 is 0 Å². The Labute approximate surface area is 142 Å². The number of hydrogen-bond acceptors (Lipinski definition) is 5. The Hall–Kier alpha value is -1.69. The highest BCUT2D eigenvalue weighted by atomic mass is 35.5. The lowest BCUT2D eigenvalue weighted by Crippen LogP contribution is -1.97. The average Bonchev–Trinajstić information content (AvgIpc) is 2.77. The van der Waals surface area contributed by atoms with Crippen LogP contribution in [0.3, 0.4) is 0 Å². The Morgan fingerprint density at radius 1 is 1.05 bits per heavy atom. The molecule has 3 aromatic rings. The standard InChI is InChI=1S/C15H12Cl2N4S/c1-8-14(22-9(2)19-8)13-3-4-18-15(21-13)20-12-6-10(16)5-11(17)7-12/h3-7H,1-2H3,(H,18,20,21). The van der Waals surface area contributed by atoms with E-state index in [1.165, 1.54) is 0 Å². The van der Waals surface area contributed by atoms with Crippen LogP contribution in [0, 0.1) is 13.8 Å². The number of aromatic nitrogens is 3. The number of nitrogens with one attached hydrogen (secondary N) is 1. The third kappa shape index (κ3) is 3.38. The Morgan fingerprint density at radius 2 is 1.77 bits per heavy atom. The average molecular weight is 351 g/mol. The number of halogens is 2. The quantitative estimate of drug-likeness (QED) is 0.699. The van der Waals surface area contributed by atoms with Crippen molar-refractivity contribution in [1.82, 2.24) is 15.0 Å². The Kier molecular flexibility index (Phi) is 4.29. The van der Waals surface area contributed by atoms with Gasteiger partial charge in [0, 0.05) is 21.9 Å². The van der Waals surface area contributed by atoms with Gasteiger partial charge in [-0.05, 0) is 38.1 Å². The van der Waals surface area contributed by atoms with Crippen LogP contribution in [-0.2, 0) is 0 Å². The van der Waals surface area contributed by atoms with E-state index in [9.17, 15) is 0 Å². The second kappa shape index (κ2) is 6.20. The SMILES string of the molecule is Cc1nc(C)c(-c2ccnc(Nc3cc(Cl)cc(Cl)c3)n2)s1. The molecule has 0 spiro atoms. The van der Waals surface area contributed by atoms with E-state index in [-0.39, 0.29) is 0 Å². The van der Waals surface area contributed by atoms with Gasteiger partial charge < -0.3 is 5.32 Å². The molecular weight excluding hydrogens is 339 g/mol. The lowest BCUT2D eigenvalue weighted by molar-refractivity contribution is 1.16. The molecule has 0 bridgehead atoms. The molecule has 0 aliphatic rings. The van der Waals surface area contributed by atoms with Gasteiger partial charge in [0.25, 0.3) is 0 Å². The lowest BCUT2D eigenvalue weighted by atomic mass is 10.3. The van der Waals surface area contributed by atoms with E-state index in [1.54, 1.807) is 35.7 Å². The van der Waals surface area contributed by atoms with E-state index in [4.69, 9.17) is 23.2 Å². The van der Waals surface area contributed by atoms with E-state index in [0.29, 0.717) is 16.0 Å². The molecule has 0 fully saturated rings. The topological polar surface area (TPSA) is 50.7 Å². The van der Waals surface area contributed by atoms with Crippen LogP contribution in [0.5, 0.6) is 0 Å². The molecule has 0 saturated heterocycles. The third-order valence-electron chi connectivity index (χ3n) is 2.91. The highest BCUT2D eigenvalue weighted by Gasteiger charge is 2.10. The minimum absolute atomic E-state index is 0.487. The monoisotopic (exact) mass is 350 g/mol. The highest BCUT2D eigenvalue weighted by molar-refractivity contribution is 7.15. The molecular formula is C15H12Cl2N4S. The normalized spacial score (nSPS) is 10.7. The highest BCUT2D eigenvalue weighted by Crippen LogP contribution is 2.29. The molecule has 0 amide bonds. The maximum atomic E-state index is 6.00. The van der Waals surface area contributed by atoms with Gasteiger partial charge in [0.15, 0.2) is 0 Å². The summed E-state index contributed by atoms with van der Waals surface area (Å²) < 4.78 is 0. The van der Waals surface area contributed by atoms with E-state index in [2.05, 4.69) is 20.3 Å². The minimum Gasteiger partial charge on any atom is -0.324 e. The number of nitrogens with zero attached hydrogens (tertiary/aromatic N) is 3. The van der Waals surface area contributed by atoms with Gasteiger partial charge in [-0.15, -0.1) is 11.3 Å². The van der Waals surface area contributed by atoms with Crippen LogP contribution in [0.25, 0.3) is 10.6 Å². The smallest absolute Gasteiger partial charge is 0.227 e. The number of hydrogen-bond donors (Lipinski definition) is 1. The number of aryl methyl sites for hydroxylation is 2. The molecule has 0 aliphatic heterocycles. The number of rotatable bonds is 3. The van der Waals surface area contributed by atoms with Gasteiger partial charge in [-0.25, -0.2) is 15.0 Å². The summed E-state index contributed by atoms with van der Waals surface area (Å²) >= 11 is 13.6. The van der Waals surface area contributed by atoms with Gasteiger partial charge in [-0.2, -0.15) is 0 Å². The van der Waals surface area contributed by atoms with Gasteiger partial charge in [0.05, 0.1) is 21.3 Å². The second-order valence-corrected chi connectivity index (χ2v) is 6.77. The van der Waals surface area contributed by atoms with Gasteiger partial charge in [-0.1, -0.05) is 23.2 Å². The summed E-state index contributed by atoms with van der Waals surface area (Å²) in [6, 6.07) is 7.09. The van der Waals surface area contributed by atoms with Crippen molar-refractivity contribution in [3.8, 4) is 10.6 Å². The molecule has 2 heterocycles. The Balaban J connectivity index is 1.93. The first kappa shape index (κ1) is 15.2. The van der Waals surface area contributed by atoms with E-state index in [0.717, 1.165) is 27.0 Å². The number of benzene rings is 1. The summed E-state index contributed by atoms with van der Waals surface area (Å²) in [4.78, 5) is 14.2. The van der Waals surface area contributed by atoms with Crippen molar-refractivity contribution in [2.24, 2.45) is 0 Å². The van der Waals surface area contributed by atoms with Crippen molar-refractivity contribution >= 4 is 46.2 Å². The molecule has 0 saturated carbocycles. The van der Waals surface area contributed by atoms with Crippen molar-refractivity contribution in [3.63, 3.8) is 0 Å². The van der Waals surface area contributed by atoms with Crippen LogP contribution in [-0.4, -0.2) is 15.0 Å². The molecule has 22 heavy (non-hydrogen) atoms. The summed E-state index contributed by atoms with van der Waals surface area (Å²) in [6.07, 6.45) is 1.71. The fourth-order valence-corrected chi connectivity index (χ4v) is 3.49. The fourth-order valence-electron chi connectivity index (χ4n) is 2.07. The van der Waals surface area contributed by atoms with Crippen LogP contribution >= 0.6 is 34.5 Å². The van der Waals surface area contributed by atoms with Crippen LogP contribution in [0.1, 0.15) is 10.7 Å². The number of anilines is 2. The summed E-state index contributed by atoms with van der Waals surface area (Å²) in [7, 11) is 0. The predicted octanol–water partition coefficient (Wildman–Crippen LogP) is 5.27. The lowest BCUT2D eigenvalue weighted by Gasteiger charge is -2.07. The summed E-state index contributed by atoms with van der Waals surface area (Å²) in [6.45, 7) is 3.96. The largest absolute Gasteiger partial charge is 0.324 e. The van der Waals surface area contributed by atoms with Crippen molar-refractivity contribution in [2.75, 3.05) is 5.32 Å². The molecule has 7 heteroatoms. The van der Waals surface area contributed by atoms with Crippen molar-refractivity contribution in [3.05, 3.63) is 51.2 Å². The van der Waals surface area contributed by atoms with Crippen LogP contribution in [0.2, 0.25) is 10.0 Å². The Bertz CT molecular complexity index is 812. The fraction of sp³-hybridized carbons (Fsp3) is 0.133. The van der Waals surface area contributed by atoms with Gasteiger partial charge >= 0.3 is 0 Å². The zero-order chi connectivity index (χ0) is 15.7. The summed E-state index contributed by atoms with van der Waals surface area (Å²) in [5, 5.41) is 5.24. The summed E-state index contributed by atoms with van der Waals surface area (Å²) in [5.41, 5.74) is 2.55. The molecule has 0 atom stereocenters. The van der Waals surface area contributed by atoms with Crippen LogP contribution in [0.15, 0.2) is 30.5 Å². The van der Waals surface area contributed by atoms with Crippen LogP contribution in [0.4, 0.5) is 11.6 Å². The first-order chi connectivity index (χ1) is 10.5. The van der Waals surface area contributed by atoms with E-state index >= 15 is 0 Å². The molecule has 0 aliphatic carbocycles. The molecule has 1 N–H and O–H groups in total. The zero-order valence-corrected chi connectivity index (χ0v) is 14.2. The number of thiazole rings is 1. The first-order valence-corrected chi connectivity index (χ1v) is 8.09. The maximum absolute atomic E-state index is 6.00. The Morgan fingerprint density at radius 3 is 2.41 bits per heavy atom. The molecule has 2 aromatic heterocycles. The predicted molar refractivity (Wildman–Crippen MR) is 92.4 cm³/mol. The van der Waals surface area contributed by atoms with Gasteiger partial charge in [-0.3, -0.25) is 0 Å². The summed E-state index contributed by atoms with van der Waals surface area (Å²) in [5.74, 6) is 0.487. The molecule has 4 nitrogen and oxygen atoms in total. The molecule has 0 unspecified atom stereocenters. The van der Waals surface area contributed by atoms with Crippen molar-refractivity contribution in [1.29, 1.82) is 0 Å². The van der Waals surface area contributed by atoms with Crippen LogP contribution < -0.4 is 5.32 Å². The molecule has 1 aromatic carbocycles. The second-order valence-electron chi connectivity index (χ2n) is 4.70. The zero-order valence-electron chi connectivity index (χ0n) is 11.9. The first-order valence-electron chi connectivity index (χ1n) is 6.52. The minimum atomic E-state index is 0.487. The van der Waals surface area contributed by atoms with E-state index in [1.807, 2.05) is 19.9 Å². The molecule has 3 rings (SSSR count). The molecule has 0 radical (unpaired) electrons. The third-order valence-corrected chi connectivity index (χ3v) is 4.44. The van der Waals surface area contributed by atoms with E-state index < -0.39 is 0 Å². The van der Waals surface area contributed by atoms with Gasteiger partial charge in [0.1, 0.15) is 0 Å². The van der Waals surface area contributed by atoms with Crippen molar-refractivity contribution in [2.45, 2.75) is 13.8 Å². The molecule has 112 valence electrons. The van der Waals surface area contributed by atoms with Gasteiger partial charge in [0.2, 0.25) is 5.95 Å².